The van der Waals surface area contributed by atoms with Gasteiger partial charge < -0.3 is 18.6 Å². The number of hydrogen-bond acceptors (Lipinski definition) is 5. The lowest BCUT2D eigenvalue weighted by molar-refractivity contribution is 0.00578. The molecule has 0 atom stereocenters. The van der Waals surface area contributed by atoms with Crippen LogP contribution in [-0.2, 0) is 24.0 Å². The van der Waals surface area contributed by atoms with Gasteiger partial charge >= 0.3 is 14.2 Å². The smallest absolute Gasteiger partial charge is 0.399 e. The predicted molar refractivity (Wildman–Crippen MR) is 207 cm³/mol. The van der Waals surface area contributed by atoms with Gasteiger partial charge in [0.15, 0.2) is 0 Å². The second-order valence-corrected chi connectivity index (χ2v) is 17.6. The molecule has 4 nitrogen and oxygen atoms in total. The Labute approximate surface area is 299 Å². The van der Waals surface area contributed by atoms with Crippen LogP contribution in [0.15, 0.2) is 97.1 Å². The zero-order chi connectivity index (χ0) is 34.6. The van der Waals surface area contributed by atoms with E-state index in [1.807, 2.05) is 11.3 Å². The van der Waals surface area contributed by atoms with Crippen LogP contribution in [0.5, 0.6) is 0 Å². The second-order valence-electron chi connectivity index (χ2n) is 16.5. The van der Waals surface area contributed by atoms with Crippen molar-refractivity contribution in [2.75, 3.05) is 0 Å². The molecule has 2 aliphatic heterocycles. The van der Waals surface area contributed by atoms with E-state index in [-0.39, 0.29) is 0 Å². The van der Waals surface area contributed by atoms with Gasteiger partial charge in [-0.3, -0.25) is 0 Å². The largest absolute Gasteiger partial charge is 0.494 e. The summed E-state index contributed by atoms with van der Waals surface area (Å²) >= 11 is 1.88. The number of fused-ring (bicyclic) bond motifs is 14. The number of rotatable bonds is 2. The first-order chi connectivity index (χ1) is 23.7. The summed E-state index contributed by atoms with van der Waals surface area (Å²) in [7, 11) is -0.934. The molecule has 0 amide bonds. The molecule has 0 bridgehead atoms. The molecule has 0 N–H and O–H groups in total. The minimum absolute atomic E-state index is 0.437. The Morgan fingerprint density at radius 1 is 0.460 bits per heavy atom. The molecule has 248 valence electrons. The third-order valence-corrected chi connectivity index (χ3v) is 13.9. The van der Waals surface area contributed by atoms with E-state index in [4.69, 9.17) is 18.6 Å². The van der Waals surface area contributed by atoms with E-state index in [2.05, 4.69) is 152 Å². The summed E-state index contributed by atoms with van der Waals surface area (Å²) in [5.74, 6) is 0. The molecule has 5 aromatic carbocycles. The van der Waals surface area contributed by atoms with Gasteiger partial charge in [-0.1, -0.05) is 84.9 Å². The first kappa shape index (κ1) is 31.1. The molecule has 50 heavy (non-hydrogen) atoms. The predicted octanol–water partition coefficient (Wildman–Crippen LogP) is 9.00. The fourth-order valence-electron chi connectivity index (χ4n) is 8.77. The molecular weight excluding hydrogens is 634 g/mol. The normalized spacial score (nSPS) is 21.2. The van der Waals surface area contributed by atoms with E-state index in [0.29, 0.717) is 0 Å². The molecule has 1 aromatic heterocycles. The molecule has 2 saturated heterocycles. The lowest BCUT2D eigenvalue weighted by Gasteiger charge is -2.32. The average molecular weight is 674 g/mol. The minimum Gasteiger partial charge on any atom is -0.399 e. The van der Waals surface area contributed by atoms with Crippen molar-refractivity contribution < 1.29 is 18.6 Å². The van der Waals surface area contributed by atoms with E-state index < -0.39 is 42.1 Å². The summed E-state index contributed by atoms with van der Waals surface area (Å²) < 4.78 is 29.2. The van der Waals surface area contributed by atoms with E-state index >= 15 is 0 Å². The van der Waals surface area contributed by atoms with Gasteiger partial charge in [-0.05, 0) is 123 Å². The number of thiophene rings is 1. The summed E-state index contributed by atoms with van der Waals surface area (Å²) in [5, 5.41) is 2.65. The topological polar surface area (TPSA) is 36.9 Å². The van der Waals surface area contributed by atoms with Crippen LogP contribution in [0.3, 0.4) is 0 Å². The SMILES string of the molecule is CC1(C)OB(c2ccc3c(c2)C2(c4cc(B5OC(C)(C)C(C)(C)O5)ccc4-3)c3ccccc3-c3c2ccc2sc4ccccc4c32)OC1(C)C. The van der Waals surface area contributed by atoms with Gasteiger partial charge in [0, 0.05) is 20.2 Å². The lowest BCUT2D eigenvalue weighted by Crippen LogP contribution is -2.41. The van der Waals surface area contributed by atoms with E-state index in [9.17, 15) is 0 Å². The van der Waals surface area contributed by atoms with Gasteiger partial charge in [-0.15, -0.1) is 11.3 Å². The molecule has 6 aromatic rings. The Kier molecular flexibility index (Phi) is 6.08. The molecule has 4 aliphatic rings. The Hall–Kier alpha value is -3.71. The third kappa shape index (κ3) is 3.83. The molecule has 0 radical (unpaired) electrons. The maximum atomic E-state index is 6.64. The van der Waals surface area contributed by atoms with Crippen molar-refractivity contribution in [3.63, 3.8) is 0 Å². The molecular formula is C43H40B2O4S. The summed E-state index contributed by atoms with van der Waals surface area (Å²) in [5.41, 5.74) is 9.98. The number of benzene rings is 5. The first-order valence-electron chi connectivity index (χ1n) is 17.8. The van der Waals surface area contributed by atoms with E-state index in [1.54, 1.807) is 0 Å². The van der Waals surface area contributed by atoms with Gasteiger partial charge in [0.1, 0.15) is 0 Å². The summed E-state index contributed by atoms with van der Waals surface area (Å²) in [4.78, 5) is 0. The summed E-state index contributed by atoms with van der Waals surface area (Å²) in [6.07, 6.45) is 0. The Morgan fingerprint density at radius 3 is 1.56 bits per heavy atom. The minimum atomic E-state index is -0.562. The molecule has 10 rings (SSSR count). The standard InChI is InChI=1S/C43H40B2O4S/c1-39(2)40(3,4)47-44(46-39)25-17-19-27-28-20-18-26(45-48-41(5,6)42(7,8)49-45)24-34(28)43(33(27)23-25)31-15-11-9-13-29(31)37-32(43)21-22-36-38(37)30-14-10-12-16-35(30)50-36/h9-24H,1-8H3. The van der Waals surface area contributed by atoms with Crippen LogP contribution < -0.4 is 10.9 Å². The highest BCUT2D eigenvalue weighted by molar-refractivity contribution is 7.26. The average Bonchev–Trinajstić information content (AvgIpc) is 3.80. The molecule has 2 aliphatic carbocycles. The molecule has 2 fully saturated rings. The first-order valence-corrected chi connectivity index (χ1v) is 18.6. The van der Waals surface area contributed by atoms with Crippen molar-refractivity contribution in [3.05, 3.63) is 119 Å². The van der Waals surface area contributed by atoms with Crippen LogP contribution in [-0.4, -0.2) is 36.6 Å². The van der Waals surface area contributed by atoms with Crippen LogP contribution in [0.1, 0.15) is 77.6 Å². The third-order valence-electron chi connectivity index (χ3n) is 12.8. The molecule has 3 heterocycles. The van der Waals surface area contributed by atoms with Crippen LogP contribution in [0.25, 0.3) is 42.4 Å². The Bertz CT molecular complexity index is 2320. The molecule has 1 spiro atoms. The quantitative estimate of drug-likeness (QED) is 0.172. The fraction of sp³-hybridized carbons (Fsp3) is 0.302. The van der Waals surface area contributed by atoms with Crippen molar-refractivity contribution in [1.82, 2.24) is 0 Å². The van der Waals surface area contributed by atoms with Gasteiger partial charge in [0.2, 0.25) is 0 Å². The summed E-state index contributed by atoms with van der Waals surface area (Å²) in [6, 6.07) is 36.3. The van der Waals surface area contributed by atoms with Crippen LogP contribution in [0, 0.1) is 0 Å². The van der Waals surface area contributed by atoms with Gasteiger partial charge in [-0.25, -0.2) is 0 Å². The zero-order valence-corrected chi connectivity index (χ0v) is 30.8. The van der Waals surface area contributed by atoms with Crippen molar-refractivity contribution >= 4 is 56.7 Å². The van der Waals surface area contributed by atoms with Crippen molar-refractivity contribution in [1.29, 1.82) is 0 Å². The van der Waals surface area contributed by atoms with Gasteiger partial charge in [0.25, 0.3) is 0 Å². The van der Waals surface area contributed by atoms with Gasteiger partial charge in [-0.2, -0.15) is 0 Å². The highest BCUT2D eigenvalue weighted by Gasteiger charge is 2.56. The fourth-order valence-corrected chi connectivity index (χ4v) is 9.89. The maximum Gasteiger partial charge on any atom is 0.494 e. The monoisotopic (exact) mass is 674 g/mol. The Morgan fingerprint density at radius 2 is 0.980 bits per heavy atom. The summed E-state index contributed by atoms with van der Waals surface area (Å²) in [6.45, 7) is 17.0. The van der Waals surface area contributed by atoms with Crippen LogP contribution >= 0.6 is 11.3 Å². The van der Waals surface area contributed by atoms with Crippen molar-refractivity contribution in [3.8, 4) is 22.3 Å². The van der Waals surface area contributed by atoms with Crippen LogP contribution in [0.2, 0.25) is 0 Å². The van der Waals surface area contributed by atoms with Crippen molar-refractivity contribution in [2.45, 2.75) is 83.2 Å². The Balaban J connectivity index is 1.28. The molecule has 7 heteroatoms. The highest BCUT2D eigenvalue weighted by atomic mass is 32.1. The van der Waals surface area contributed by atoms with E-state index in [1.165, 1.54) is 64.7 Å². The van der Waals surface area contributed by atoms with Gasteiger partial charge in [0.05, 0.1) is 27.8 Å². The molecule has 0 saturated carbocycles. The van der Waals surface area contributed by atoms with Crippen molar-refractivity contribution in [2.24, 2.45) is 0 Å². The lowest BCUT2D eigenvalue weighted by atomic mass is 9.67. The van der Waals surface area contributed by atoms with Crippen LogP contribution in [0.4, 0.5) is 0 Å². The van der Waals surface area contributed by atoms with E-state index in [0.717, 1.165) is 10.9 Å². The maximum absolute atomic E-state index is 6.64. The number of hydrogen-bond donors (Lipinski definition) is 0. The second kappa shape index (κ2) is 9.78. The highest BCUT2D eigenvalue weighted by Crippen LogP contribution is 2.64. The molecule has 0 unspecified atom stereocenters. The zero-order valence-electron chi connectivity index (χ0n) is 29.9.